The van der Waals surface area contributed by atoms with Crippen molar-refractivity contribution in [3.05, 3.63) is 42.1 Å². The second kappa shape index (κ2) is 7.39. The van der Waals surface area contributed by atoms with Crippen molar-refractivity contribution >= 4 is 17.2 Å². The molecule has 0 unspecified atom stereocenters. The summed E-state index contributed by atoms with van der Waals surface area (Å²) in [5, 5.41) is 7.47. The SMILES string of the molecule is CCOc1ccc2nc(-c3ccc(CC)c(NC(=O)C(C)(C)C)c3)cn2n1. The lowest BCUT2D eigenvalue weighted by molar-refractivity contribution is -0.123. The first kappa shape index (κ1) is 18.9. The fourth-order valence-corrected chi connectivity index (χ4v) is 2.70. The average molecular weight is 366 g/mol. The van der Waals surface area contributed by atoms with Crippen molar-refractivity contribution in [2.24, 2.45) is 5.41 Å². The van der Waals surface area contributed by atoms with Gasteiger partial charge in [0.1, 0.15) is 0 Å². The molecule has 0 aliphatic heterocycles. The van der Waals surface area contributed by atoms with E-state index in [2.05, 4.69) is 22.3 Å². The molecule has 0 atom stereocenters. The standard InChI is InChI=1S/C21H26N4O2/c1-6-14-8-9-15(12-16(14)23-20(26)21(3,4)5)17-13-25-18(22-17)10-11-19(24-25)27-7-2/h8-13H,6-7H2,1-5H3,(H,23,26). The first-order valence-electron chi connectivity index (χ1n) is 9.25. The number of fused-ring (bicyclic) bond motifs is 1. The molecule has 1 N–H and O–H groups in total. The molecular weight excluding hydrogens is 340 g/mol. The molecule has 3 rings (SSSR count). The lowest BCUT2D eigenvalue weighted by Gasteiger charge is -2.19. The highest BCUT2D eigenvalue weighted by atomic mass is 16.5. The number of carbonyl (C=O) groups is 1. The molecular formula is C21H26N4O2. The first-order chi connectivity index (χ1) is 12.8. The van der Waals surface area contributed by atoms with Crippen LogP contribution in [0.2, 0.25) is 0 Å². The number of anilines is 1. The fourth-order valence-electron chi connectivity index (χ4n) is 2.70. The molecule has 0 radical (unpaired) electrons. The fraction of sp³-hybridized carbons (Fsp3) is 0.381. The Balaban J connectivity index is 1.98. The first-order valence-corrected chi connectivity index (χ1v) is 9.25. The van der Waals surface area contributed by atoms with Crippen LogP contribution < -0.4 is 10.1 Å². The van der Waals surface area contributed by atoms with Gasteiger partial charge in [-0.05, 0) is 31.0 Å². The topological polar surface area (TPSA) is 68.5 Å². The average Bonchev–Trinajstić information content (AvgIpc) is 3.04. The zero-order chi connectivity index (χ0) is 19.6. The predicted molar refractivity (Wildman–Crippen MR) is 107 cm³/mol. The number of rotatable bonds is 5. The van der Waals surface area contributed by atoms with Crippen molar-refractivity contribution in [1.82, 2.24) is 14.6 Å². The Labute approximate surface area is 159 Å². The lowest BCUT2D eigenvalue weighted by atomic mass is 9.95. The number of ether oxygens (including phenoxy) is 1. The third-order valence-corrected chi connectivity index (χ3v) is 4.30. The van der Waals surface area contributed by atoms with Crippen LogP contribution in [0.3, 0.4) is 0 Å². The Morgan fingerprint density at radius 2 is 1.96 bits per heavy atom. The summed E-state index contributed by atoms with van der Waals surface area (Å²) >= 11 is 0. The zero-order valence-corrected chi connectivity index (χ0v) is 16.5. The van der Waals surface area contributed by atoms with Crippen LogP contribution in [0.4, 0.5) is 5.69 Å². The second-order valence-corrected chi connectivity index (χ2v) is 7.46. The highest BCUT2D eigenvalue weighted by Crippen LogP contribution is 2.28. The van der Waals surface area contributed by atoms with Crippen LogP contribution >= 0.6 is 0 Å². The molecule has 0 aliphatic rings. The monoisotopic (exact) mass is 366 g/mol. The molecule has 0 saturated heterocycles. The van der Waals surface area contributed by atoms with Gasteiger partial charge in [-0.15, -0.1) is 5.10 Å². The van der Waals surface area contributed by atoms with Crippen molar-refractivity contribution in [3.8, 4) is 17.1 Å². The molecule has 0 saturated carbocycles. The lowest BCUT2D eigenvalue weighted by Crippen LogP contribution is -2.28. The molecule has 1 amide bonds. The summed E-state index contributed by atoms with van der Waals surface area (Å²) in [6.07, 6.45) is 2.71. The van der Waals surface area contributed by atoms with E-state index in [1.165, 1.54) is 0 Å². The Morgan fingerprint density at radius 3 is 2.63 bits per heavy atom. The second-order valence-electron chi connectivity index (χ2n) is 7.46. The van der Waals surface area contributed by atoms with E-state index in [-0.39, 0.29) is 5.91 Å². The summed E-state index contributed by atoms with van der Waals surface area (Å²) < 4.78 is 7.16. The van der Waals surface area contributed by atoms with Crippen molar-refractivity contribution in [3.63, 3.8) is 0 Å². The third kappa shape index (κ3) is 4.10. The highest BCUT2D eigenvalue weighted by molar-refractivity contribution is 5.95. The maximum atomic E-state index is 12.4. The van der Waals surface area contributed by atoms with Gasteiger partial charge in [-0.2, -0.15) is 0 Å². The van der Waals surface area contributed by atoms with Crippen molar-refractivity contribution in [2.75, 3.05) is 11.9 Å². The number of carbonyl (C=O) groups excluding carboxylic acids is 1. The van der Waals surface area contributed by atoms with Crippen LogP contribution in [0.15, 0.2) is 36.5 Å². The number of aryl methyl sites for hydroxylation is 1. The highest BCUT2D eigenvalue weighted by Gasteiger charge is 2.22. The van der Waals surface area contributed by atoms with Crippen LogP contribution in [0.25, 0.3) is 16.9 Å². The molecule has 2 aromatic heterocycles. The molecule has 0 spiro atoms. The predicted octanol–water partition coefficient (Wildman–Crippen LogP) is 4.34. The van der Waals surface area contributed by atoms with Crippen LogP contribution in [0.1, 0.15) is 40.2 Å². The van der Waals surface area contributed by atoms with Gasteiger partial charge in [0.25, 0.3) is 0 Å². The molecule has 2 heterocycles. The number of hydrogen-bond donors (Lipinski definition) is 1. The maximum absolute atomic E-state index is 12.4. The van der Waals surface area contributed by atoms with Crippen molar-refractivity contribution < 1.29 is 9.53 Å². The van der Waals surface area contributed by atoms with Crippen LogP contribution in [-0.4, -0.2) is 27.1 Å². The minimum absolute atomic E-state index is 0.00706. The van der Waals surface area contributed by atoms with Crippen LogP contribution in [-0.2, 0) is 11.2 Å². The summed E-state index contributed by atoms with van der Waals surface area (Å²) in [6, 6.07) is 9.73. The van der Waals surface area contributed by atoms with Gasteiger partial charge in [0.15, 0.2) is 5.65 Å². The summed E-state index contributed by atoms with van der Waals surface area (Å²) in [6.45, 7) is 10.3. The number of aromatic nitrogens is 3. The number of amides is 1. The maximum Gasteiger partial charge on any atom is 0.231 e. The van der Waals surface area contributed by atoms with Crippen molar-refractivity contribution in [2.45, 2.75) is 41.0 Å². The van der Waals surface area contributed by atoms with Gasteiger partial charge in [0.2, 0.25) is 11.8 Å². The largest absolute Gasteiger partial charge is 0.477 e. The van der Waals surface area contributed by atoms with Gasteiger partial charge in [0, 0.05) is 22.7 Å². The third-order valence-electron chi connectivity index (χ3n) is 4.30. The summed E-state index contributed by atoms with van der Waals surface area (Å²) in [5.74, 6) is 0.556. The smallest absolute Gasteiger partial charge is 0.231 e. The number of nitrogens with one attached hydrogen (secondary N) is 1. The molecule has 142 valence electrons. The van der Waals surface area contributed by atoms with E-state index in [4.69, 9.17) is 4.74 Å². The number of imidazole rings is 1. The number of hydrogen-bond acceptors (Lipinski definition) is 4. The molecule has 0 bridgehead atoms. The Kier molecular flexibility index (Phi) is 5.17. The van der Waals surface area contributed by atoms with Crippen LogP contribution in [0, 0.1) is 5.41 Å². The Hall–Kier alpha value is -2.89. The number of nitrogens with zero attached hydrogens (tertiary/aromatic N) is 3. The normalized spacial score (nSPS) is 11.6. The zero-order valence-electron chi connectivity index (χ0n) is 16.5. The van der Waals surface area contributed by atoms with E-state index in [1.54, 1.807) is 4.52 Å². The van der Waals surface area contributed by atoms with Crippen LogP contribution in [0.5, 0.6) is 5.88 Å². The van der Waals surface area contributed by atoms with E-state index in [1.807, 2.05) is 64.2 Å². The van der Waals surface area contributed by atoms with Gasteiger partial charge in [-0.1, -0.05) is 39.8 Å². The summed E-state index contributed by atoms with van der Waals surface area (Å²) in [4.78, 5) is 17.1. The molecule has 0 fully saturated rings. The van der Waals surface area contributed by atoms with Gasteiger partial charge >= 0.3 is 0 Å². The van der Waals surface area contributed by atoms with E-state index >= 15 is 0 Å². The molecule has 0 aliphatic carbocycles. The molecule has 6 nitrogen and oxygen atoms in total. The minimum atomic E-state index is -0.455. The molecule has 27 heavy (non-hydrogen) atoms. The van der Waals surface area contributed by atoms with Crippen molar-refractivity contribution in [1.29, 1.82) is 0 Å². The molecule has 3 aromatic rings. The quantitative estimate of drug-likeness (QED) is 0.729. The van der Waals surface area contributed by atoms with E-state index in [9.17, 15) is 4.79 Å². The van der Waals surface area contributed by atoms with Gasteiger partial charge in [0.05, 0.1) is 18.5 Å². The summed E-state index contributed by atoms with van der Waals surface area (Å²) in [7, 11) is 0. The molecule has 1 aromatic carbocycles. The van der Waals surface area contributed by atoms with Gasteiger partial charge in [-0.25, -0.2) is 9.50 Å². The number of benzene rings is 1. The Bertz CT molecular complexity index is 970. The van der Waals surface area contributed by atoms with E-state index in [0.29, 0.717) is 12.5 Å². The molecule has 6 heteroatoms. The van der Waals surface area contributed by atoms with Gasteiger partial charge in [-0.3, -0.25) is 4.79 Å². The van der Waals surface area contributed by atoms with E-state index < -0.39 is 5.41 Å². The van der Waals surface area contributed by atoms with Gasteiger partial charge < -0.3 is 10.1 Å². The van der Waals surface area contributed by atoms with E-state index in [0.717, 1.165) is 34.6 Å². The Morgan fingerprint density at radius 1 is 1.19 bits per heavy atom. The minimum Gasteiger partial charge on any atom is -0.477 e. The summed E-state index contributed by atoms with van der Waals surface area (Å²) in [5.41, 5.74) is 3.94.